The quantitative estimate of drug-likeness (QED) is 0.888. The summed E-state index contributed by atoms with van der Waals surface area (Å²) in [4.78, 5) is 16.0. The number of amides is 1. The van der Waals surface area contributed by atoms with Crippen molar-refractivity contribution < 1.29 is 9.18 Å². The summed E-state index contributed by atoms with van der Waals surface area (Å²) < 4.78 is 13.4. The first-order valence-corrected chi connectivity index (χ1v) is 6.48. The predicted octanol–water partition coefficient (Wildman–Crippen LogP) is 1.08. The molecule has 1 fully saturated rings. The van der Waals surface area contributed by atoms with Crippen LogP contribution in [0.3, 0.4) is 0 Å². The molecule has 2 rings (SSSR count). The van der Waals surface area contributed by atoms with Gasteiger partial charge in [0, 0.05) is 31.9 Å². The van der Waals surface area contributed by atoms with Crippen molar-refractivity contribution in [2.24, 2.45) is 0 Å². The number of likely N-dealkylation sites (N-methyl/N-ethyl adjacent to an activating group) is 2. The second kappa shape index (κ2) is 5.57. The van der Waals surface area contributed by atoms with Gasteiger partial charge in [-0.3, -0.25) is 4.79 Å². The molecule has 0 bridgehead atoms. The van der Waals surface area contributed by atoms with Gasteiger partial charge in [0.05, 0.1) is 0 Å². The Morgan fingerprint density at radius 3 is 2.84 bits per heavy atom. The zero-order chi connectivity index (χ0) is 14.0. The molecule has 104 valence electrons. The highest BCUT2D eigenvalue weighted by Crippen LogP contribution is 2.25. The van der Waals surface area contributed by atoms with E-state index >= 15 is 0 Å². The number of benzene rings is 1. The molecule has 0 aromatic heterocycles. The van der Waals surface area contributed by atoms with Crippen LogP contribution >= 0.6 is 0 Å². The van der Waals surface area contributed by atoms with Gasteiger partial charge in [-0.25, -0.2) is 4.39 Å². The fourth-order valence-corrected chi connectivity index (χ4v) is 2.70. The van der Waals surface area contributed by atoms with Crippen LogP contribution in [0.2, 0.25) is 0 Å². The Morgan fingerprint density at radius 2 is 2.21 bits per heavy atom. The molecule has 5 heteroatoms. The van der Waals surface area contributed by atoms with Gasteiger partial charge in [0.1, 0.15) is 11.9 Å². The third-order valence-electron chi connectivity index (χ3n) is 3.51. The number of nitrogens with one attached hydrogen (secondary N) is 1. The molecule has 0 spiro atoms. The predicted molar refractivity (Wildman–Crippen MR) is 73.7 cm³/mol. The van der Waals surface area contributed by atoms with E-state index in [1.54, 1.807) is 11.0 Å². The summed E-state index contributed by atoms with van der Waals surface area (Å²) in [5, 5.41) is 3.04. The second-order valence-electron chi connectivity index (χ2n) is 5.03. The first-order valence-electron chi connectivity index (χ1n) is 6.48. The number of halogens is 1. The highest BCUT2D eigenvalue weighted by Gasteiger charge is 2.36. The monoisotopic (exact) mass is 265 g/mol. The fourth-order valence-electron chi connectivity index (χ4n) is 2.70. The molecular weight excluding hydrogens is 245 g/mol. The van der Waals surface area contributed by atoms with Crippen molar-refractivity contribution in [2.75, 3.05) is 32.1 Å². The zero-order valence-corrected chi connectivity index (χ0v) is 11.6. The lowest BCUT2D eigenvalue weighted by Gasteiger charge is -2.45. The molecule has 1 heterocycles. The summed E-state index contributed by atoms with van der Waals surface area (Å²) in [6, 6.07) is 6.29. The van der Waals surface area contributed by atoms with Gasteiger partial charge < -0.3 is 15.1 Å². The molecule has 4 nitrogen and oxygen atoms in total. The average molecular weight is 265 g/mol. The summed E-state index contributed by atoms with van der Waals surface area (Å²) in [7, 11) is 3.63. The highest BCUT2D eigenvalue weighted by atomic mass is 19.1. The smallest absolute Gasteiger partial charge is 0.246 e. The van der Waals surface area contributed by atoms with Gasteiger partial charge in [-0.05, 0) is 32.2 Å². The van der Waals surface area contributed by atoms with Gasteiger partial charge >= 0.3 is 0 Å². The van der Waals surface area contributed by atoms with Gasteiger partial charge in [0.2, 0.25) is 5.91 Å². The zero-order valence-electron chi connectivity index (χ0n) is 11.6. The first-order chi connectivity index (χ1) is 9.04. The van der Waals surface area contributed by atoms with E-state index < -0.39 is 0 Å². The third kappa shape index (κ3) is 2.71. The summed E-state index contributed by atoms with van der Waals surface area (Å²) in [5.74, 6) is -0.212. The molecular formula is C14H20FN3O. The third-order valence-corrected chi connectivity index (χ3v) is 3.51. The van der Waals surface area contributed by atoms with Crippen molar-refractivity contribution in [3.05, 3.63) is 30.1 Å². The minimum atomic E-state index is -0.291. The first kappa shape index (κ1) is 13.8. The fraction of sp³-hybridized carbons (Fsp3) is 0.500. The summed E-state index contributed by atoms with van der Waals surface area (Å²) in [6.07, 6.45) is 0. The minimum Gasteiger partial charge on any atom is -0.354 e. The Labute approximate surface area is 113 Å². The van der Waals surface area contributed by atoms with Crippen molar-refractivity contribution in [1.82, 2.24) is 10.2 Å². The van der Waals surface area contributed by atoms with E-state index in [2.05, 4.69) is 12.2 Å². The lowest BCUT2D eigenvalue weighted by molar-refractivity contribution is -0.133. The van der Waals surface area contributed by atoms with Crippen LogP contribution in [0.4, 0.5) is 10.1 Å². The number of hydrogen-bond acceptors (Lipinski definition) is 3. The molecule has 19 heavy (non-hydrogen) atoms. The standard InChI is InChI=1S/C14H20FN3O/c1-10-9-17(3)14(19)13(8-16-2)18(10)12-6-4-5-11(15)7-12/h4-7,10,13,16H,8-9H2,1-3H3. The number of rotatable bonds is 3. The molecule has 0 radical (unpaired) electrons. The van der Waals surface area contributed by atoms with Crippen molar-refractivity contribution in [3.8, 4) is 0 Å². The van der Waals surface area contributed by atoms with Crippen LogP contribution < -0.4 is 10.2 Å². The van der Waals surface area contributed by atoms with Crippen LogP contribution in [-0.4, -0.2) is 50.1 Å². The average Bonchev–Trinajstić information content (AvgIpc) is 2.36. The SMILES string of the molecule is CNCC1C(=O)N(C)CC(C)N1c1cccc(F)c1. The molecule has 1 amide bonds. The van der Waals surface area contributed by atoms with Crippen LogP contribution in [0.5, 0.6) is 0 Å². The van der Waals surface area contributed by atoms with Crippen molar-refractivity contribution >= 4 is 11.6 Å². The topological polar surface area (TPSA) is 35.6 Å². The van der Waals surface area contributed by atoms with E-state index in [9.17, 15) is 9.18 Å². The van der Waals surface area contributed by atoms with Crippen molar-refractivity contribution in [1.29, 1.82) is 0 Å². The Kier molecular flexibility index (Phi) is 4.04. The number of carbonyl (C=O) groups excluding carboxylic acids is 1. The number of nitrogens with zero attached hydrogens (tertiary/aromatic N) is 2. The molecule has 0 saturated carbocycles. The number of piperazine rings is 1. The lowest BCUT2D eigenvalue weighted by atomic mass is 10.0. The summed E-state index contributed by atoms with van der Waals surface area (Å²) >= 11 is 0. The molecule has 1 aliphatic rings. The molecule has 1 N–H and O–H groups in total. The number of hydrogen-bond donors (Lipinski definition) is 1. The normalized spacial score (nSPS) is 23.9. The Hall–Kier alpha value is -1.62. The van der Waals surface area contributed by atoms with E-state index in [0.29, 0.717) is 13.1 Å². The largest absolute Gasteiger partial charge is 0.354 e. The Balaban J connectivity index is 2.36. The number of carbonyl (C=O) groups is 1. The van der Waals surface area contributed by atoms with Gasteiger partial charge in [-0.15, -0.1) is 0 Å². The highest BCUT2D eigenvalue weighted by molar-refractivity contribution is 5.87. The molecule has 1 aromatic rings. The van der Waals surface area contributed by atoms with Crippen LogP contribution in [0.1, 0.15) is 6.92 Å². The second-order valence-corrected chi connectivity index (χ2v) is 5.03. The van der Waals surface area contributed by atoms with E-state index in [-0.39, 0.29) is 23.8 Å². The summed E-state index contributed by atoms with van der Waals surface area (Å²) in [6.45, 7) is 3.25. The van der Waals surface area contributed by atoms with Crippen LogP contribution in [-0.2, 0) is 4.79 Å². The van der Waals surface area contributed by atoms with Crippen LogP contribution in [0.15, 0.2) is 24.3 Å². The van der Waals surface area contributed by atoms with E-state index in [0.717, 1.165) is 5.69 Å². The van der Waals surface area contributed by atoms with Crippen molar-refractivity contribution in [3.63, 3.8) is 0 Å². The van der Waals surface area contributed by atoms with Crippen molar-refractivity contribution in [2.45, 2.75) is 19.0 Å². The van der Waals surface area contributed by atoms with Crippen LogP contribution in [0, 0.1) is 5.82 Å². The lowest BCUT2D eigenvalue weighted by Crippen LogP contribution is -2.62. The van der Waals surface area contributed by atoms with E-state index in [1.807, 2.05) is 25.1 Å². The maximum absolute atomic E-state index is 13.4. The van der Waals surface area contributed by atoms with E-state index in [1.165, 1.54) is 12.1 Å². The van der Waals surface area contributed by atoms with Gasteiger partial charge in [0.15, 0.2) is 0 Å². The van der Waals surface area contributed by atoms with E-state index in [4.69, 9.17) is 0 Å². The van der Waals surface area contributed by atoms with Gasteiger partial charge in [-0.2, -0.15) is 0 Å². The summed E-state index contributed by atoms with van der Waals surface area (Å²) in [5.41, 5.74) is 0.759. The molecule has 0 aliphatic carbocycles. The van der Waals surface area contributed by atoms with Crippen LogP contribution in [0.25, 0.3) is 0 Å². The molecule has 2 atom stereocenters. The molecule has 1 saturated heterocycles. The molecule has 1 aromatic carbocycles. The minimum absolute atomic E-state index is 0.0664. The molecule has 2 unspecified atom stereocenters. The Bertz CT molecular complexity index is 466. The maximum atomic E-state index is 13.4. The maximum Gasteiger partial charge on any atom is 0.246 e. The van der Waals surface area contributed by atoms with Gasteiger partial charge in [0.25, 0.3) is 0 Å². The van der Waals surface area contributed by atoms with Gasteiger partial charge in [-0.1, -0.05) is 6.07 Å². The Morgan fingerprint density at radius 1 is 1.47 bits per heavy atom. The molecule has 1 aliphatic heterocycles. The number of anilines is 1.